The van der Waals surface area contributed by atoms with Gasteiger partial charge in [0.1, 0.15) is 0 Å². The van der Waals surface area contributed by atoms with Crippen LogP contribution in [0.3, 0.4) is 0 Å². The second-order valence-corrected chi connectivity index (χ2v) is 8.64. The van der Waals surface area contributed by atoms with Crippen molar-refractivity contribution in [3.05, 3.63) is 54.0 Å². The lowest BCUT2D eigenvalue weighted by molar-refractivity contribution is 0.425. The quantitative estimate of drug-likeness (QED) is 0.351. The van der Waals surface area contributed by atoms with Crippen molar-refractivity contribution in [2.75, 3.05) is 43.1 Å². The number of thiophene rings is 1. The number of thiazole rings is 1. The van der Waals surface area contributed by atoms with Crippen LogP contribution >= 0.6 is 22.7 Å². The van der Waals surface area contributed by atoms with Crippen LogP contribution in [0.4, 0.5) is 28.7 Å². The normalized spacial score (nSPS) is 10.9. The first-order valence-corrected chi connectivity index (χ1v) is 11.1. The fourth-order valence-corrected chi connectivity index (χ4v) is 4.20. The number of benzene rings is 1. The number of anilines is 5. The predicted molar refractivity (Wildman–Crippen MR) is 125 cm³/mol. The van der Waals surface area contributed by atoms with Gasteiger partial charge >= 0.3 is 0 Å². The Labute approximate surface area is 183 Å². The van der Waals surface area contributed by atoms with Crippen LogP contribution in [0, 0.1) is 0 Å². The molecule has 8 nitrogen and oxygen atoms in total. The van der Waals surface area contributed by atoms with Crippen molar-refractivity contribution in [2.24, 2.45) is 0 Å². The molecule has 0 saturated heterocycles. The largest absolute Gasteiger partial charge is 0.353 e. The van der Waals surface area contributed by atoms with E-state index in [0.717, 1.165) is 28.8 Å². The van der Waals surface area contributed by atoms with Gasteiger partial charge < -0.3 is 15.5 Å². The van der Waals surface area contributed by atoms with E-state index in [-0.39, 0.29) is 0 Å². The van der Waals surface area contributed by atoms with Gasteiger partial charge in [0.15, 0.2) is 5.13 Å². The van der Waals surface area contributed by atoms with E-state index in [4.69, 9.17) is 0 Å². The average Bonchev–Trinajstić information content (AvgIpc) is 3.40. The van der Waals surface area contributed by atoms with Gasteiger partial charge in [-0.15, -0.1) is 11.3 Å². The molecule has 0 spiro atoms. The molecule has 0 aliphatic rings. The van der Waals surface area contributed by atoms with Gasteiger partial charge in [-0.2, -0.15) is 15.0 Å². The highest BCUT2D eigenvalue weighted by atomic mass is 32.1. The fraction of sp³-hybridized carbons (Fsp3) is 0.200. The number of hydrogen-bond donors (Lipinski definition) is 3. The maximum atomic E-state index is 4.51. The van der Waals surface area contributed by atoms with Crippen LogP contribution < -0.4 is 16.0 Å². The number of nitrogens with one attached hydrogen (secondary N) is 3. The zero-order chi connectivity index (χ0) is 20.8. The molecule has 0 atom stereocenters. The summed E-state index contributed by atoms with van der Waals surface area (Å²) in [4.78, 5) is 22.4. The summed E-state index contributed by atoms with van der Waals surface area (Å²) in [5.74, 6) is 1.40. The third-order valence-electron chi connectivity index (χ3n) is 4.00. The van der Waals surface area contributed by atoms with Gasteiger partial charge in [-0.3, -0.25) is 5.32 Å². The van der Waals surface area contributed by atoms with Crippen LogP contribution in [0.1, 0.15) is 0 Å². The molecule has 0 saturated carbocycles. The van der Waals surface area contributed by atoms with Gasteiger partial charge in [-0.05, 0) is 37.7 Å². The topological polar surface area (TPSA) is 90.9 Å². The molecule has 4 aromatic rings. The first-order chi connectivity index (χ1) is 14.7. The highest BCUT2D eigenvalue weighted by Gasteiger charge is 2.11. The van der Waals surface area contributed by atoms with Crippen LogP contribution in [0.15, 0.2) is 54.0 Å². The molecule has 154 valence electrons. The molecule has 4 rings (SSSR count). The smallest absolute Gasteiger partial charge is 0.235 e. The summed E-state index contributed by atoms with van der Waals surface area (Å²) < 4.78 is 0. The Morgan fingerprint density at radius 2 is 1.63 bits per heavy atom. The lowest BCUT2D eigenvalue weighted by Crippen LogP contribution is -2.22. The third kappa shape index (κ3) is 5.50. The minimum absolute atomic E-state index is 0.433. The molecule has 10 heteroatoms. The van der Waals surface area contributed by atoms with Gasteiger partial charge in [0, 0.05) is 29.9 Å². The summed E-state index contributed by atoms with van der Waals surface area (Å²) in [6, 6.07) is 13.9. The monoisotopic (exact) mass is 438 g/mol. The second kappa shape index (κ2) is 9.61. The SMILES string of the molecule is CN(C)CCNc1nc(Nc2ccccc2)nc(Nc2ncc(-c3cccs3)s2)n1. The number of para-hydroxylation sites is 1. The van der Waals surface area contributed by atoms with Crippen molar-refractivity contribution in [2.45, 2.75) is 0 Å². The maximum Gasteiger partial charge on any atom is 0.235 e. The Bertz CT molecular complexity index is 1060. The summed E-state index contributed by atoms with van der Waals surface area (Å²) in [7, 11) is 4.05. The molecule has 0 fully saturated rings. The summed E-state index contributed by atoms with van der Waals surface area (Å²) >= 11 is 3.25. The van der Waals surface area contributed by atoms with E-state index < -0.39 is 0 Å². The lowest BCUT2D eigenvalue weighted by Gasteiger charge is -2.12. The number of hydrogen-bond acceptors (Lipinski definition) is 10. The molecule has 0 radical (unpaired) electrons. The van der Waals surface area contributed by atoms with Crippen molar-refractivity contribution in [3.63, 3.8) is 0 Å². The average molecular weight is 439 g/mol. The molecular weight excluding hydrogens is 416 g/mol. The van der Waals surface area contributed by atoms with Crippen LogP contribution in [-0.4, -0.2) is 52.0 Å². The van der Waals surface area contributed by atoms with E-state index in [1.807, 2.05) is 56.7 Å². The lowest BCUT2D eigenvalue weighted by atomic mass is 10.3. The summed E-state index contributed by atoms with van der Waals surface area (Å²) in [5, 5.41) is 12.5. The Hall–Kier alpha value is -3.08. The molecule has 0 unspecified atom stereocenters. The van der Waals surface area contributed by atoms with E-state index in [1.54, 1.807) is 22.7 Å². The van der Waals surface area contributed by atoms with Gasteiger partial charge in [-0.1, -0.05) is 35.6 Å². The molecule has 3 aromatic heterocycles. The van der Waals surface area contributed by atoms with E-state index in [1.165, 1.54) is 4.88 Å². The minimum atomic E-state index is 0.433. The molecule has 3 N–H and O–H groups in total. The number of nitrogens with zero attached hydrogens (tertiary/aromatic N) is 5. The predicted octanol–water partition coefficient (Wildman–Crippen LogP) is 4.52. The summed E-state index contributed by atoms with van der Waals surface area (Å²) in [6.07, 6.45) is 1.86. The number of likely N-dealkylation sites (N-methyl/N-ethyl adjacent to an activating group) is 1. The molecule has 0 aliphatic carbocycles. The van der Waals surface area contributed by atoms with E-state index in [0.29, 0.717) is 17.8 Å². The first kappa shape index (κ1) is 20.2. The van der Waals surface area contributed by atoms with Crippen molar-refractivity contribution < 1.29 is 0 Å². The maximum absolute atomic E-state index is 4.51. The van der Waals surface area contributed by atoms with Gasteiger partial charge in [0.05, 0.1) is 4.88 Å². The number of aromatic nitrogens is 4. The van der Waals surface area contributed by atoms with Gasteiger partial charge in [0.2, 0.25) is 17.8 Å². The van der Waals surface area contributed by atoms with Crippen LogP contribution in [-0.2, 0) is 0 Å². The molecule has 30 heavy (non-hydrogen) atoms. The second-order valence-electron chi connectivity index (χ2n) is 6.66. The number of rotatable bonds is 9. The van der Waals surface area contributed by atoms with Crippen molar-refractivity contribution in [1.29, 1.82) is 0 Å². The Kier molecular flexibility index (Phi) is 6.47. The molecule has 0 bridgehead atoms. The fourth-order valence-electron chi connectivity index (χ4n) is 2.57. The van der Waals surface area contributed by atoms with Crippen molar-refractivity contribution in [3.8, 4) is 9.75 Å². The molecular formula is C20H22N8S2. The zero-order valence-corrected chi connectivity index (χ0v) is 18.3. The van der Waals surface area contributed by atoms with Crippen LogP contribution in [0.2, 0.25) is 0 Å². The molecule has 0 aliphatic heterocycles. The van der Waals surface area contributed by atoms with E-state index in [2.05, 4.69) is 52.2 Å². The molecule has 3 heterocycles. The van der Waals surface area contributed by atoms with Crippen LogP contribution in [0.5, 0.6) is 0 Å². The minimum Gasteiger partial charge on any atom is -0.353 e. The van der Waals surface area contributed by atoms with Gasteiger partial charge in [0.25, 0.3) is 0 Å². The van der Waals surface area contributed by atoms with Crippen molar-refractivity contribution in [1.82, 2.24) is 24.8 Å². The Morgan fingerprint density at radius 3 is 2.37 bits per heavy atom. The summed E-state index contributed by atoms with van der Waals surface area (Å²) in [6.45, 7) is 1.59. The summed E-state index contributed by atoms with van der Waals surface area (Å²) in [5.41, 5.74) is 0.906. The third-order valence-corrected chi connectivity index (χ3v) is 5.97. The van der Waals surface area contributed by atoms with E-state index in [9.17, 15) is 0 Å². The first-order valence-electron chi connectivity index (χ1n) is 9.39. The van der Waals surface area contributed by atoms with Crippen LogP contribution in [0.25, 0.3) is 9.75 Å². The standard InChI is InChI=1S/C20H22N8S2/c1-28(2)11-10-21-17-24-18(23-14-7-4-3-5-8-14)26-19(25-17)27-20-22-13-16(30-20)15-9-6-12-29-15/h3-9,12-13H,10-11H2,1-2H3,(H3,21,22,23,24,25,26,27). The Morgan fingerprint density at radius 1 is 0.867 bits per heavy atom. The van der Waals surface area contributed by atoms with Crippen molar-refractivity contribution >= 4 is 51.3 Å². The molecule has 1 aromatic carbocycles. The van der Waals surface area contributed by atoms with E-state index >= 15 is 0 Å². The Balaban J connectivity index is 1.55. The van der Waals surface area contributed by atoms with Gasteiger partial charge in [-0.25, -0.2) is 4.98 Å². The zero-order valence-electron chi connectivity index (χ0n) is 16.7. The highest BCUT2D eigenvalue weighted by molar-refractivity contribution is 7.23. The molecule has 0 amide bonds. The highest BCUT2D eigenvalue weighted by Crippen LogP contribution is 2.33.